The lowest BCUT2D eigenvalue weighted by atomic mass is 10.3. The summed E-state index contributed by atoms with van der Waals surface area (Å²) in [6.45, 7) is 4.22. The lowest BCUT2D eigenvalue weighted by Gasteiger charge is -2.05. The monoisotopic (exact) mass is 249 g/mol. The number of carbonyl (C=O) groups is 1. The first-order chi connectivity index (χ1) is 8.17. The van der Waals surface area contributed by atoms with E-state index in [-0.39, 0.29) is 5.97 Å². The van der Waals surface area contributed by atoms with Crippen molar-refractivity contribution < 1.29 is 9.53 Å². The van der Waals surface area contributed by atoms with Gasteiger partial charge in [-0.3, -0.25) is 0 Å². The fraction of sp³-hybridized carbons (Fsp3) is 0.308. The molecule has 0 aliphatic heterocycles. The van der Waals surface area contributed by atoms with Crippen molar-refractivity contribution in [1.82, 2.24) is 4.40 Å². The highest BCUT2D eigenvalue weighted by molar-refractivity contribution is 7.98. The van der Waals surface area contributed by atoms with Gasteiger partial charge < -0.3 is 9.14 Å². The fourth-order valence-electron chi connectivity index (χ4n) is 1.81. The van der Waals surface area contributed by atoms with Crippen LogP contribution in [0.4, 0.5) is 0 Å². The lowest BCUT2D eigenvalue weighted by molar-refractivity contribution is 0.0514. The number of carbonyl (C=O) groups excluding carboxylic acids is 1. The zero-order chi connectivity index (χ0) is 12.4. The minimum Gasteiger partial charge on any atom is -0.461 e. The van der Waals surface area contributed by atoms with Crippen LogP contribution in [-0.4, -0.2) is 23.2 Å². The molecular weight excluding hydrogens is 234 g/mol. The first kappa shape index (κ1) is 12.0. The second kappa shape index (κ2) is 4.84. The molecule has 3 nitrogen and oxygen atoms in total. The largest absolute Gasteiger partial charge is 0.461 e. The molecule has 0 aromatic carbocycles. The summed E-state index contributed by atoms with van der Waals surface area (Å²) in [6.07, 6.45) is 3.92. The van der Waals surface area contributed by atoms with Crippen molar-refractivity contribution in [3.8, 4) is 0 Å². The number of thioether (sulfide) groups is 1. The van der Waals surface area contributed by atoms with Crippen molar-refractivity contribution in [1.29, 1.82) is 0 Å². The van der Waals surface area contributed by atoms with E-state index in [9.17, 15) is 4.79 Å². The van der Waals surface area contributed by atoms with Crippen LogP contribution < -0.4 is 0 Å². The number of ether oxygens (including phenoxy) is 1. The Morgan fingerprint density at radius 1 is 1.47 bits per heavy atom. The van der Waals surface area contributed by atoms with Gasteiger partial charge in [0.25, 0.3) is 0 Å². The van der Waals surface area contributed by atoms with E-state index in [1.165, 1.54) is 0 Å². The standard InChI is InChI=1S/C13H15NO2S/c1-4-16-13(15)12-11(17-3)7-10-6-5-9(2)8-14(10)12/h5-8H,4H2,1-3H3. The highest BCUT2D eigenvalue weighted by Crippen LogP contribution is 2.26. The molecule has 0 saturated carbocycles. The Morgan fingerprint density at radius 3 is 2.88 bits per heavy atom. The Bertz CT molecular complexity index is 560. The summed E-state index contributed by atoms with van der Waals surface area (Å²) in [5, 5.41) is 0. The molecule has 2 aromatic rings. The van der Waals surface area contributed by atoms with Gasteiger partial charge in [-0.2, -0.15) is 0 Å². The third kappa shape index (κ3) is 2.17. The molecule has 2 aromatic heterocycles. The first-order valence-electron chi connectivity index (χ1n) is 5.50. The molecular formula is C13H15NO2S. The van der Waals surface area contributed by atoms with E-state index < -0.39 is 0 Å². The first-order valence-corrected chi connectivity index (χ1v) is 6.72. The third-order valence-corrected chi connectivity index (χ3v) is 3.32. The van der Waals surface area contributed by atoms with E-state index in [2.05, 4.69) is 0 Å². The Labute approximate surface area is 105 Å². The van der Waals surface area contributed by atoms with E-state index in [0.717, 1.165) is 16.0 Å². The molecule has 0 N–H and O–H groups in total. The van der Waals surface area contributed by atoms with E-state index in [1.54, 1.807) is 11.8 Å². The van der Waals surface area contributed by atoms with Crippen LogP contribution in [0.3, 0.4) is 0 Å². The van der Waals surface area contributed by atoms with E-state index in [0.29, 0.717) is 12.3 Å². The van der Waals surface area contributed by atoms with Crippen LogP contribution in [0.2, 0.25) is 0 Å². The summed E-state index contributed by atoms with van der Waals surface area (Å²) in [5.74, 6) is -0.262. The number of esters is 1. The maximum absolute atomic E-state index is 12.0. The molecule has 0 amide bonds. The van der Waals surface area contributed by atoms with Gasteiger partial charge in [-0.25, -0.2) is 4.79 Å². The molecule has 0 fully saturated rings. The fourth-order valence-corrected chi connectivity index (χ4v) is 2.42. The Balaban J connectivity index is 2.64. The van der Waals surface area contributed by atoms with Crippen LogP contribution in [-0.2, 0) is 4.74 Å². The second-order valence-electron chi connectivity index (χ2n) is 3.78. The van der Waals surface area contributed by atoms with Crippen molar-refractivity contribution in [3.63, 3.8) is 0 Å². The molecule has 0 unspecified atom stereocenters. The van der Waals surface area contributed by atoms with Gasteiger partial charge in [-0.05, 0) is 37.8 Å². The third-order valence-electron chi connectivity index (χ3n) is 2.57. The maximum Gasteiger partial charge on any atom is 0.356 e. The molecule has 4 heteroatoms. The van der Waals surface area contributed by atoms with Gasteiger partial charge in [0, 0.05) is 16.6 Å². The predicted octanol–water partition coefficient (Wildman–Crippen LogP) is 3.15. The van der Waals surface area contributed by atoms with Crippen LogP contribution in [0.5, 0.6) is 0 Å². The highest BCUT2D eigenvalue weighted by atomic mass is 32.2. The average molecular weight is 249 g/mol. The summed E-state index contributed by atoms with van der Waals surface area (Å²) in [4.78, 5) is 12.9. The molecule has 17 heavy (non-hydrogen) atoms. The van der Waals surface area contributed by atoms with Crippen molar-refractivity contribution >= 4 is 23.2 Å². The van der Waals surface area contributed by atoms with Gasteiger partial charge in [0.2, 0.25) is 0 Å². The smallest absolute Gasteiger partial charge is 0.356 e. The van der Waals surface area contributed by atoms with Gasteiger partial charge >= 0.3 is 5.97 Å². The van der Waals surface area contributed by atoms with Crippen LogP contribution >= 0.6 is 11.8 Å². The molecule has 2 rings (SSSR count). The van der Waals surface area contributed by atoms with Gasteiger partial charge in [0.15, 0.2) is 0 Å². The quantitative estimate of drug-likeness (QED) is 0.618. The Hall–Kier alpha value is -1.42. The zero-order valence-electron chi connectivity index (χ0n) is 10.2. The van der Waals surface area contributed by atoms with E-state index in [4.69, 9.17) is 4.74 Å². The number of aromatic nitrogens is 1. The second-order valence-corrected chi connectivity index (χ2v) is 4.63. The summed E-state index contributed by atoms with van der Waals surface area (Å²) in [5.41, 5.74) is 2.76. The number of pyridine rings is 1. The molecule has 0 spiro atoms. The minimum atomic E-state index is -0.262. The summed E-state index contributed by atoms with van der Waals surface area (Å²) < 4.78 is 7.01. The molecule has 0 bridgehead atoms. The normalized spacial score (nSPS) is 10.8. The highest BCUT2D eigenvalue weighted by Gasteiger charge is 2.18. The van der Waals surface area contributed by atoms with Crippen LogP contribution in [0, 0.1) is 6.92 Å². The number of hydrogen-bond donors (Lipinski definition) is 0. The average Bonchev–Trinajstić information content (AvgIpc) is 2.66. The summed E-state index contributed by atoms with van der Waals surface area (Å²) in [6, 6.07) is 6.06. The van der Waals surface area contributed by atoms with Gasteiger partial charge in [0.05, 0.1) is 6.61 Å². The van der Waals surface area contributed by atoms with Gasteiger partial charge in [0.1, 0.15) is 5.69 Å². The molecule has 0 aliphatic rings. The van der Waals surface area contributed by atoms with Crippen molar-refractivity contribution in [3.05, 3.63) is 35.7 Å². The minimum absolute atomic E-state index is 0.262. The van der Waals surface area contributed by atoms with Crippen LogP contribution in [0.1, 0.15) is 23.0 Å². The number of rotatable bonds is 3. The van der Waals surface area contributed by atoms with Crippen LogP contribution in [0.15, 0.2) is 29.3 Å². The van der Waals surface area contributed by atoms with Crippen molar-refractivity contribution in [2.75, 3.05) is 12.9 Å². The summed E-state index contributed by atoms with van der Waals surface area (Å²) >= 11 is 1.56. The molecule has 90 valence electrons. The number of fused-ring (bicyclic) bond motifs is 1. The predicted molar refractivity (Wildman–Crippen MR) is 69.9 cm³/mol. The molecule has 0 saturated heterocycles. The number of nitrogens with zero attached hydrogens (tertiary/aromatic N) is 1. The SMILES string of the molecule is CCOC(=O)c1c(SC)cc2ccc(C)cn12. The Kier molecular flexibility index (Phi) is 3.43. The van der Waals surface area contributed by atoms with Crippen LogP contribution in [0.25, 0.3) is 5.52 Å². The van der Waals surface area contributed by atoms with E-state index in [1.807, 2.05) is 48.9 Å². The van der Waals surface area contributed by atoms with Gasteiger partial charge in [-0.1, -0.05) is 6.07 Å². The van der Waals surface area contributed by atoms with E-state index >= 15 is 0 Å². The van der Waals surface area contributed by atoms with Crippen molar-refractivity contribution in [2.24, 2.45) is 0 Å². The topological polar surface area (TPSA) is 30.7 Å². The number of aryl methyl sites for hydroxylation is 1. The van der Waals surface area contributed by atoms with Gasteiger partial charge in [-0.15, -0.1) is 11.8 Å². The molecule has 0 radical (unpaired) electrons. The zero-order valence-corrected chi connectivity index (χ0v) is 11.0. The molecule has 2 heterocycles. The maximum atomic E-state index is 12.0. The molecule has 0 aliphatic carbocycles. The number of hydrogen-bond acceptors (Lipinski definition) is 3. The Morgan fingerprint density at radius 2 is 2.24 bits per heavy atom. The lowest BCUT2D eigenvalue weighted by Crippen LogP contribution is -2.09. The van der Waals surface area contributed by atoms with Crippen molar-refractivity contribution in [2.45, 2.75) is 18.7 Å². The molecule has 0 atom stereocenters. The summed E-state index contributed by atoms with van der Waals surface area (Å²) in [7, 11) is 0.